The van der Waals surface area contributed by atoms with E-state index in [9.17, 15) is 26.4 Å². The summed E-state index contributed by atoms with van der Waals surface area (Å²) < 4.78 is 66.3. The van der Waals surface area contributed by atoms with Crippen LogP contribution in [0.5, 0.6) is 0 Å². The second kappa shape index (κ2) is 6.14. The van der Waals surface area contributed by atoms with E-state index in [1.54, 1.807) is 0 Å². The van der Waals surface area contributed by atoms with Gasteiger partial charge in [-0.05, 0) is 36.8 Å². The van der Waals surface area contributed by atoms with Crippen LogP contribution in [0.15, 0.2) is 40.2 Å². The van der Waals surface area contributed by atoms with E-state index < -0.39 is 32.2 Å². The first-order valence-corrected chi connectivity index (χ1v) is 8.35. The fraction of sp³-hybridized carbons (Fsp3) is 0.214. The average Bonchev–Trinajstić information content (AvgIpc) is 2.46. The lowest BCUT2D eigenvalue weighted by atomic mass is 10.2. The second-order valence-corrected chi connectivity index (χ2v) is 7.10. The Morgan fingerprint density at radius 3 is 2.42 bits per heavy atom. The molecule has 2 aromatic rings. The van der Waals surface area contributed by atoms with Crippen LogP contribution in [0.3, 0.4) is 0 Å². The topological polar surface area (TPSA) is 68.2 Å². The van der Waals surface area contributed by atoms with Crippen molar-refractivity contribution in [3.8, 4) is 0 Å². The van der Waals surface area contributed by atoms with Crippen LogP contribution in [0.25, 0.3) is 0 Å². The van der Waals surface area contributed by atoms with Gasteiger partial charge in [-0.3, -0.25) is 9.52 Å². The molecule has 2 rings (SSSR count). The third kappa shape index (κ3) is 3.57. The van der Waals surface area contributed by atoms with Gasteiger partial charge in [0.1, 0.15) is 10.6 Å². The number of alkyl halides is 3. The highest BCUT2D eigenvalue weighted by Gasteiger charge is 2.33. The zero-order chi connectivity index (χ0) is 18.3. The van der Waals surface area contributed by atoms with Crippen molar-refractivity contribution in [3.63, 3.8) is 0 Å². The van der Waals surface area contributed by atoms with Crippen molar-refractivity contribution in [2.45, 2.75) is 18.0 Å². The molecule has 24 heavy (non-hydrogen) atoms. The molecule has 0 bridgehead atoms. The molecule has 0 spiro atoms. The summed E-state index contributed by atoms with van der Waals surface area (Å²) in [5.41, 5.74) is -1.73. The number of pyridine rings is 1. The van der Waals surface area contributed by atoms with Crippen molar-refractivity contribution in [3.05, 3.63) is 57.0 Å². The molecule has 0 fully saturated rings. The standard InChI is InChI=1S/C14H12ClF3N2O3S/c1-8-5-6-20(2)13(21)12(8)19-24(22,23)11-7-9(14(16,17)18)3-4-10(11)15/h3-7,19H,1-2H3. The number of nitrogens with zero attached hydrogens (tertiary/aromatic N) is 1. The number of rotatable bonds is 3. The van der Waals surface area contributed by atoms with E-state index in [1.807, 2.05) is 4.72 Å². The van der Waals surface area contributed by atoms with Crippen molar-refractivity contribution in [1.29, 1.82) is 0 Å². The number of anilines is 1. The van der Waals surface area contributed by atoms with Gasteiger partial charge in [0.05, 0.1) is 10.6 Å². The monoisotopic (exact) mass is 380 g/mol. The van der Waals surface area contributed by atoms with E-state index in [0.717, 1.165) is 10.6 Å². The number of aromatic nitrogens is 1. The average molecular weight is 381 g/mol. The van der Waals surface area contributed by atoms with Gasteiger partial charge in [-0.1, -0.05) is 11.6 Å². The fourth-order valence-electron chi connectivity index (χ4n) is 1.92. The number of benzene rings is 1. The molecule has 0 saturated carbocycles. The molecular weight excluding hydrogens is 369 g/mol. The van der Waals surface area contributed by atoms with Gasteiger partial charge >= 0.3 is 6.18 Å². The molecule has 10 heteroatoms. The van der Waals surface area contributed by atoms with Crippen LogP contribution >= 0.6 is 11.6 Å². The Labute approximate surface area is 140 Å². The molecule has 0 aliphatic rings. The molecule has 0 unspecified atom stereocenters. The summed E-state index contributed by atoms with van der Waals surface area (Å²) in [5.74, 6) is 0. The predicted molar refractivity (Wildman–Crippen MR) is 83.7 cm³/mol. The normalized spacial score (nSPS) is 12.2. The van der Waals surface area contributed by atoms with Crippen LogP contribution in [-0.4, -0.2) is 13.0 Å². The number of hydrogen-bond donors (Lipinski definition) is 1. The summed E-state index contributed by atoms with van der Waals surface area (Å²) in [5, 5.41) is -0.388. The van der Waals surface area contributed by atoms with E-state index in [0.29, 0.717) is 17.7 Å². The molecule has 1 aromatic carbocycles. The summed E-state index contributed by atoms with van der Waals surface area (Å²) in [6, 6.07) is 3.43. The van der Waals surface area contributed by atoms with Gasteiger partial charge in [-0.2, -0.15) is 13.2 Å². The molecule has 130 valence electrons. The molecule has 1 heterocycles. The Bertz CT molecular complexity index is 953. The molecule has 1 N–H and O–H groups in total. The minimum absolute atomic E-state index is 0.256. The first-order chi connectivity index (χ1) is 10.9. The molecule has 5 nitrogen and oxygen atoms in total. The number of halogens is 4. The van der Waals surface area contributed by atoms with Gasteiger partial charge in [0.2, 0.25) is 0 Å². The Morgan fingerprint density at radius 2 is 1.83 bits per heavy atom. The smallest absolute Gasteiger partial charge is 0.317 e. The summed E-state index contributed by atoms with van der Waals surface area (Å²) in [6.07, 6.45) is -3.29. The van der Waals surface area contributed by atoms with Crippen LogP contribution < -0.4 is 10.3 Å². The van der Waals surface area contributed by atoms with Gasteiger partial charge in [0, 0.05) is 13.2 Å². The summed E-state index contributed by atoms with van der Waals surface area (Å²) in [6.45, 7) is 1.49. The van der Waals surface area contributed by atoms with Crippen molar-refractivity contribution < 1.29 is 21.6 Å². The lowest BCUT2D eigenvalue weighted by Crippen LogP contribution is -2.25. The third-order valence-corrected chi connectivity index (χ3v) is 5.09. The van der Waals surface area contributed by atoms with Crippen molar-refractivity contribution in [2.24, 2.45) is 7.05 Å². The minimum Gasteiger partial charge on any atom is -0.317 e. The van der Waals surface area contributed by atoms with Crippen molar-refractivity contribution >= 4 is 27.3 Å². The SMILES string of the molecule is Cc1ccn(C)c(=O)c1NS(=O)(=O)c1cc(C(F)(F)F)ccc1Cl. The maximum atomic E-state index is 12.8. The summed E-state index contributed by atoms with van der Waals surface area (Å²) in [4.78, 5) is 11.3. The molecule has 0 radical (unpaired) electrons. The summed E-state index contributed by atoms with van der Waals surface area (Å²) >= 11 is 5.74. The molecule has 0 aliphatic heterocycles. The zero-order valence-corrected chi connectivity index (χ0v) is 14.1. The lowest BCUT2D eigenvalue weighted by Gasteiger charge is -2.14. The van der Waals surface area contributed by atoms with Gasteiger partial charge < -0.3 is 4.57 Å². The van der Waals surface area contributed by atoms with Gasteiger partial charge in [-0.25, -0.2) is 8.42 Å². The van der Waals surface area contributed by atoms with Crippen LogP contribution in [0, 0.1) is 6.92 Å². The number of sulfonamides is 1. The van der Waals surface area contributed by atoms with Crippen LogP contribution in [-0.2, 0) is 23.2 Å². The van der Waals surface area contributed by atoms with E-state index >= 15 is 0 Å². The molecule has 0 saturated heterocycles. The largest absolute Gasteiger partial charge is 0.416 e. The van der Waals surface area contributed by atoms with Gasteiger partial charge in [0.15, 0.2) is 0 Å². The van der Waals surface area contributed by atoms with Crippen molar-refractivity contribution in [1.82, 2.24) is 4.57 Å². The Kier molecular flexibility index (Phi) is 4.69. The highest BCUT2D eigenvalue weighted by Crippen LogP contribution is 2.33. The Morgan fingerprint density at radius 1 is 1.21 bits per heavy atom. The quantitative estimate of drug-likeness (QED) is 0.889. The maximum absolute atomic E-state index is 12.8. The predicted octanol–water partition coefficient (Wildman–Crippen LogP) is 3.17. The van der Waals surface area contributed by atoms with Crippen molar-refractivity contribution in [2.75, 3.05) is 4.72 Å². The number of aryl methyl sites for hydroxylation is 2. The maximum Gasteiger partial charge on any atom is 0.416 e. The van der Waals surface area contributed by atoms with Gasteiger partial charge in [0.25, 0.3) is 15.6 Å². The summed E-state index contributed by atoms with van der Waals surface area (Å²) in [7, 11) is -3.07. The number of hydrogen-bond acceptors (Lipinski definition) is 3. The molecule has 0 atom stereocenters. The second-order valence-electron chi connectivity index (χ2n) is 5.04. The first kappa shape index (κ1) is 18.3. The lowest BCUT2D eigenvalue weighted by molar-refractivity contribution is -0.137. The highest BCUT2D eigenvalue weighted by atomic mass is 35.5. The Balaban J connectivity index is 2.57. The van der Waals surface area contributed by atoms with E-state index in [1.165, 1.54) is 26.2 Å². The third-order valence-electron chi connectivity index (χ3n) is 3.26. The van der Waals surface area contributed by atoms with Crippen LogP contribution in [0.2, 0.25) is 5.02 Å². The van der Waals surface area contributed by atoms with Crippen LogP contribution in [0.4, 0.5) is 18.9 Å². The van der Waals surface area contributed by atoms with E-state index in [2.05, 4.69) is 0 Å². The van der Waals surface area contributed by atoms with E-state index in [-0.39, 0.29) is 10.7 Å². The molecule has 1 aromatic heterocycles. The van der Waals surface area contributed by atoms with Gasteiger partial charge in [-0.15, -0.1) is 0 Å². The van der Waals surface area contributed by atoms with Crippen LogP contribution in [0.1, 0.15) is 11.1 Å². The minimum atomic E-state index is -4.73. The molecular formula is C14H12ClF3N2O3S. The first-order valence-electron chi connectivity index (χ1n) is 6.49. The number of nitrogens with one attached hydrogen (secondary N) is 1. The fourth-order valence-corrected chi connectivity index (χ4v) is 3.57. The molecule has 0 amide bonds. The molecule has 0 aliphatic carbocycles. The zero-order valence-electron chi connectivity index (χ0n) is 12.5. The van der Waals surface area contributed by atoms with E-state index in [4.69, 9.17) is 11.6 Å². The highest BCUT2D eigenvalue weighted by molar-refractivity contribution is 7.92. The Hall–Kier alpha value is -2.00.